The van der Waals surface area contributed by atoms with Crippen LogP contribution in [0.1, 0.15) is 0 Å². The second-order valence-electron chi connectivity index (χ2n) is 2.50. The molecule has 0 radical (unpaired) electrons. The molecule has 2 aromatic rings. The van der Waals surface area contributed by atoms with Crippen LogP contribution >= 0.6 is 23.2 Å². The van der Waals surface area contributed by atoms with Crippen molar-refractivity contribution in [2.75, 3.05) is 0 Å². The second kappa shape index (κ2) is 3.40. The van der Waals surface area contributed by atoms with Gasteiger partial charge in [-0.2, -0.15) is 0 Å². The van der Waals surface area contributed by atoms with Gasteiger partial charge in [-0.25, -0.2) is 0 Å². The van der Waals surface area contributed by atoms with Crippen LogP contribution in [0.15, 0.2) is 34.9 Å². The van der Waals surface area contributed by atoms with E-state index in [1.54, 1.807) is 12.1 Å². The molecular formula is C9H5Cl2NO. The third kappa shape index (κ3) is 1.69. The fourth-order valence-electron chi connectivity index (χ4n) is 1.05. The topological polar surface area (TPSA) is 26.0 Å². The molecule has 0 atom stereocenters. The monoisotopic (exact) mass is 213 g/mol. The van der Waals surface area contributed by atoms with Crippen molar-refractivity contribution in [3.8, 4) is 11.3 Å². The smallest absolute Gasteiger partial charge is 0.226 e. The van der Waals surface area contributed by atoms with Crippen LogP contribution in [0.25, 0.3) is 11.3 Å². The summed E-state index contributed by atoms with van der Waals surface area (Å²) in [6, 6.07) is 9.01. The molecule has 0 amide bonds. The van der Waals surface area contributed by atoms with E-state index in [1.165, 1.54) is 0 Å². The summed E-state index contributed by atoms with van der Waals surface area (Å²) >= 11 is 11.5. The molecule has 13 heavy (non-hydrogen) atoms. The minimum atomic E-state index is 0.259. The number of hydrogen-bond acceptors (Lipinski definition) is 2. The van der Waals surface area contributed by atoms with Crippen molar-refractivity contribution in [1.82, 2.24) is 5.16 Å². The van der Waals surface area contributed by atoms with Gasteiger partial charge in [-0.15, -0.1) is 0 Å². The molecule has 2 nitrogen and oxygen atoms in total. The van der Waals surface area contributed by atoms with Gasteiger partial charge >= 0.3 is 0 Å². The zero-order valence-electron chi connectivity index (χ0n) is 6.50. The zero-order chi connectivity index (χ0) is 9.26. The lowest BCUT2D eigenvalue weighted by atomic mass is 10.2. The molecule has 0 aliphatic rings. The average Bonchev–Trinajstić information content (AvgIpc) is 2.53. The van der Waals surface area contributed by atoms with Gasteiger partial charge in [-0.05, 0) is 17.7 Å². The van der Waals surface area contributed by atoms with Gasteiger partial charge in [0, 0.05) is 11.6 Å². The van der Waals surface area contributed by atoms with Gasteiger partial charge in [-0.1, -0.05) is 35.0 Å². The van der Waals surface area contributed by atoms with Gasteiger partial charge in [0.05, 0.1) is 5.02 Å². The number of hydrogen-bond donors (Lipinski definition) is 0. The number of nitrogens with zero attached hydrogens (tertiary/aromatic N) is 1. The Morgan fingerprint density at radius 3 is 2.54 bits per heavy atom. The molecule has 66 valence electrons. The molecule has 1 aromatic carbocycles. The molecule has 0 fully saturated rings. The SMILES string of the molecule is Clc1cc(-c2ccccc2Cl)no1. The molecular weight excluding hydrogens is 209 g/mol. The normalized spacial score (nSPS) is 10.3. The maximum atomic E-state index is 5.94. The van der Waals surface area contributed by atoms with Crippen LogP contribution in [0.3, 0.4) is 0 Å². The number of aromatic nitrogens is 1. The first-order valence-corrected chi connectivity index (χ1v) is 4.40. The third-order valence-electron chi connectivity index (χ3n) is 1.63. The van der Waals surface area contributed by atoms with Crippen molar-refractivity contribution in [2.24, 2.45) is 0 Å². The second-order valence-corrected chi connectivity index (χ2v) is 3.28. The summed E-state index contributed by atoms with van der Waals surface area (Å²) in [5.74, 6) is 0. The van der Waals surface area contributed by atoms with E-state index >= 15 is 0 Å². The summed E-state index contributed by atoms with van der Waals surface area (Å²) in [5, 5.41) is 4.65. The van der Waals surface area contributed by atoms with Gasteiger partial charge in [0.15, 0.2) is 0 Å². The molecule has 0 saturated carbocycles. The number of halogens is 2. The van der Waals surface area contributed by atoms with Gasteiger partial charge in [0.2, 0.25) is 5.22 Å². The Balaban J connectivity index is 2.52. The highest BCUT2D eigenvalue weighted by Gasteiger charge is 2.07. The standard InChI is InChI=1S/C9H5Cl2NO/c10-7-4-2-1-3-6(7)8-5-9(11)13-12-8/h1-5H. The lowest BCUT2D eigenvalue weighted by molar-refractivity contribution is 0.424. The van der Waals surface area contributed by atoms with Crippen LogP contribution in [-0.4, -0.2) is 5.16 Å². The van der Waals surface area contributed by atoms with E-state index < -0.39 is 0 Å². The predicted molar refractivity (Wildman–Crippen MR) is 52.0 cm³/mol. The highest BCUT2D eigenvalue weighted by Crippen LogP contribution is 2.27. The van der Waals surface area contributed by atoms with Crippen molar-refractivity contribution in [1.29, 1.82) is 0 Å². The van der Waals surface area contributed by atoms with Gasteiger partial charge in [-0.3, -0.25) is 0 Å². The Morgan fingerprint density at radius 2 is 1.92 bits per heavy atom. The molecule has 0 bridgehead atoms. The molecule has 0 aliphatic carbocycles. The Hall–Kier alpha value is -0.990. The first-order chi connectivity index (χ1) is 6.27. The Kier molecular flexibility index (Phi) is 2.25. The molecule has 4 heteroatoms. The fourth-order valence-corrected chi connectivity index (χ4v) is 1.42. The first kappa shape index (κ1) is 8.60. The zero-order valence-corrected chi connectivity index (χ0v) is 8.01. The molecule has 0 N–H and O–H groups in total. The maximum Gasteiger partial charge on any atom is 0.226 e. The molecule has 0 saturated heterocycles. The maximum absolute atomic E-state index is 5.94. The van der Waals surface area contributed by atoms with Crippen LogP contribution in [-0.2, 0) is 0 Å². The van der Waals surface area contributed by atoms with Crippen LogP contribution in [0.2, 0.25) is 10.2 Å². The van der Waals surface area contributed by atoms with Crippen molar-refractivity contribution in [3.05, 3.63) is 40.6 Å². The summed E-state index contributed by atoms with van der Waals surface area (Å²) in [6.07, 6.45) is 0. The highest BCUT2D eigenvalue weighted by atomic mass is 35.5. The van der Waals surface area contributed by atoms with Crippen LogP contribution in [0, 0.1) is 0 Å². The van der Waals surface area contributed by atoms with Crippen LogP contribution < -0.4 is 0 Å². The highest BCUT2D eigenvalue weighted by molar-refractivity contribution is 6.33. The quantitative estimate of drug-likeness (QED) is 0.723. The van der Waals surface area contributed by atoms with E-state index in [4.69, 9.17) is 27.7 Å². The molecule has 0 unspecified atom stereocenters. The summed E-state index contributed by atoms with van der Waals surface area (Å²) in [7, 11) is 0. The Morgan fingerprint density at radius 1 is 1.15 bits per heavy atom. The average molecular weight is 214 g/mol. The van der Waals surface area contributed by atoms with Crippen molar-refractivity contribution >= 4 is 23.2 Å². The van der Waals surface area contributed by atoms with Gasteiger partial charge in [0.1, 0.15) is 5.69 Å². The fraction of sp³-hybridized carbons (Fsp3) is 0. The van der Waals surface area contributed by atoms with E-state index in [2.05, 4.69) is 5.16 Å². The lowest BCUT2D eigenvalue weighted by Crippen LogP contribution is -1.77. The molecule has 1 aromatic heterocycles. The largest absolute Gasteiger partial charge is 0.344 e. The lowest BCUT2D eigenvalue weighted by Gasteiger charge is -1.96. The molecule has 2 rings (SSSR count). The number of rotatable bonds is 1. The summed E-state index contributed by atoms with van der Waals surface area (Å²) in [5.41, 5.74) is 1.47. The van der Waals surface area contributed by atoms with Crippen molar-refractivity contribution in [3.63, 3.8) is 0 Å². The Labute approximate surface area is 85.1 Å². The third-order valence-corrected chi connectivity index (χ3v) is 2.14. The van der Waals surface area contributed by atoms with Crippen molar-refractivity contribution in [2.45, 2.75) is 0 Å². The number of benzene rings is 1. The molecule has 1 heterocycles. The van der Waals surface area contributed by atoms with Gasteiger partial charge in [0.25, 0.3) is 0 Å². The van der Waals surface area contributed by atoms with E-state index in [1.807, 2.05) is 18.2 Å². The first-order valence-electron chi connectivity index (χ1n) is 3.64. The minimum Gasteiger partial charge on any atom is -0.344 e. The van der Waals surface area contributed by atoms with E-state index in [0.29, 0.717) is 10.7 Å². The van der Waals surface area contributed by atoms with Crippen LogP contribution in [0.5, 0.6) is 0 Å². The van der Waals surface area contributed by atoms with Crippen molar-refractivity contribution < 1.29 is 4.52 Å². The summed E-state index contributed by atoms with van der Waals surface area (Å²) < 4.78 is 4.73. The molecule has 0 aliphatic heterocycles. The minimum absolute atomic E-state index is 0.259. The summed E-state index contributed by atoms with van der Waals surface area (Å²) in [6.45, 7) is 0. The predicted octanol–water partition coefficient (Wildman–Crippen LogP) is 3.65. The summed E-state index contributed by atoms with van der Waals surface area (Å²) in [4.78, 5) is 0. The molecule has 0 spiro atoms. The van der Waals surface area contributed by atoms with E-state index in [9.17, 15) is 0 Å². The van der Waals surface area contributed by atoms with E-state index in [0.717, 1.165) is 5.56 Å². The Bertz CT molecular complexity index is 425. The van der Waals surface area contributed by atoms with Gasteiger partial charge < -0.3 is 4.52 Å². The van der Waals surface area contributed by atoms with E-state index in [-0.39, 0.29) is 5.22 Å². The van der Waals surface area contributed by atoms with Crippen LogP contribution in [0.4, 0.5) is 0 Å².